The van der Waals surface area contributed by atoms with Crippen LogP contribution in [0.4, 0.5) is 0 Å². The summed E-state index contributed by atoms with van der Waals surface area (Å²) in [5, 5.41) is 9.01. The van der Waals surface area contributed by atoms with Gasteiger partial charge in [-0.15, -0.1) is 0 Å². The van der Waals surface area contributed by atoms with Gasteiger partial charge in [0.2, 0.25) is 0 Å². The lowest BCUT2D eigenvalue weighted by Gasteiger charge is -2.13. The van der Waals surface area contributed by atoms with Crippen molar-refractivity contribution < 1.29 is 24.1 Å². The maximum absolute atomic E-state index is 11.0. The number of benzene rings is 2. The first kappa shape index (κ1) is 17.1. The topological polar surface area (TPSA) is 65.0 Å². The Kier molecular flexibility index (Phi) is 6.29. The Morgan fingerprint density at radius 2 is 1.70 bits per heavy atom. The second kappa shape index (κ2) is 8.43. The predicted molar refractivity (Wildman–Crippen MR) is 89.7 cm³/mol. The molecule has 0 fully saturated rings. The largest absolute Gasteiger partial charge is 0.490 e. The summed E-state index contributed by atoms with van der Waals surface area (Å²) in [7, 11) is 0. The summed E-state index contributed by atoms with van der Waals surface area (Å²) in [4.78, 5) is 11.0. The minimum atomic E-state index is -1.00. The Morgan fingerprint density at radius 3 is 2.35 bits per heavy atom. The highest BCUT2D eigenvalue weighted by atomic mass is 79.9. The molecule has 0 aliphatic carbocycles. The molecule has 0 heterocycles. The third-order valence-electron chi connectivity index (χ3n) is 2.91. The van der Waals surface area contributed by atoms with E-state index in [-0.39, 0.29) is 5.56 Å². The van der Waals surface area contributed by atoms with Crippen LogP contribution in [0.5, 0.6) is 17.2 Å². The Labute approximate surface area is 142 Å². The molecule has 0 aliphatic heterocycles. The van der Waals surface area contributed by atoms with Crippen LogP contribution in [0.1, 0.15) is 17.3 Å². The van der Waals surface area contributed by atoms with Crippen molar-refractivity contribution in [1.29, 1.82) is 0 Å². The van der Waals surface area contributed by atoms with Gasteiger partial charge in [0.1, 0.15) is 19.0 Å². The van der Waals surface area contributed by atoms with E-state index in [0.717, 1.165) is 10.2 Å². The maximum Gasteiger partial charge on any atom is 0.335 e. The third-order valence-corrected chi connectivity index (χ3v) is 3.44. The molecule has 0 spiro atoms. The van der Waals surface area contributed by atoms with Gasteiger partial charge in [0.05, 0.1) is 12.2 Å². The molecule has 0 aromatic heterocycles. The van der Waals surface area contributed by atoms with Crippen LogP contribution in [-0.2, 0) is 0 Å². The Morgan fingerprint density at radius 1 is 1.00 bits per heavy atom. The van der Waals surface area contributed by atoms with Gasteiger partial charge < -0.3 is 19.3 Å². The summed E-state index contributed by atoms with van der Waals surface area (Å²) in [6, 6.07) is 12.0. The Bertz CT molecular complexity index is 655. The van der Waals surface area contributed by atoms with Gasteiger partial charge in [-0.05, 0) is 49.4 Å². The van der Waals surface area contributed by atoms with Crippen LogP contribution in [0.15, 0.2) is 46.9 Å². The molecule has 5 nitrogen and oxygen atoms in total. The van der Waals surface area contributed by atoms with E-state index < -0.39 is 5.97 Å². The molecule has 2 rings (SSSR count). The first-order valence-electron chi connectivity index (χ1n) is 7.11. The predicted octanol–water partition coefficient (Wildman–Crippen LogP) is 4.00. The van der Waals surface area contributed by atoms with Gasteiger partial charge in [-0.2, -0.15) is 0 Å². The normalized spacial score (nSPS) is 10.2. The quantitative estimate of drug-likeness (QED) is 0.701. The molecule has 2 aromatic rings. The number of carboxylic acid groups (broad SMARTS) is 1. The first-order chi connectivity index (χ1) is 11.1. The van der Waals surface area contributed by atoms with Crippen molar-refractivity contribution in [3.8, 4) is 17.2 Å². The highest BCUT2D eigenvalue weighted by Crippen LogP contribution is 2.28. The fourth-order valence-electron chi connectivity index (χ4n) is 1.87. The molecule has 6 heteroatoms. The monoisotopic (exact) mass is 380 g/mol. The molecule has 2 aromatic carbocycles. The first-order valence-corrected chi connectivity index (χ1v) is 7.90. The van der Waals surface area contributed by atoms with Crippen molar-refractivity contribution in [2.75, 3.05) is 19.8 Å². The molecule has 0 saturated heterocycles. The number of hydrogen-bond donors (Lipinski definition) is 1. The van der Waals surface area contributed by atoms with Gasteiger partial charge in [0.15, 0.2) is 11.5 Å². The lowest BCUT2D eigenvalue weighted by atomic mass is 10.2. The van der Waals surface area contributed by atoms with E-state index >= 15 is 0 Å². The number of hydrogen-bond acceptors (Lipinski definition) is 4. The molecule has 0 unspecified atom stereocenters. The van der Waals surface area contributed by atoms with Crippen LogP contribution >= 0.6 is 15.9 Å². The van der Waals surface area contributed by atoms with Crippen molar-refractivity contribution in [3.05, 3.63) is 52.5 Å². The lowest BCUT2D eigenvalue weighted by molar-refractivity contribution is 0.0696. The SMILES string of the molecule is CCOc1cc(C(=O)O)ccc1OCCOc1ccc(Br)cc1. The fraction of sp³-hybridized carbons (Fsp3) is 0.235. The van der Waals surface area contributed by atoms with Gasteiger partial charge in [0.25, 0.3) is 0 Å². The van der Waals surface area contributed by atoms with Gasteiger partial charge in [-0.25, -0.2) is 4.79 Å². The van der Waals surface area contributed by atoms with Crippen LogP contribution in [-0.4, -0.2) is 30.9 Å². The molecule has 1 N–H and O–H groups in total. The van der Waals surface area contributed by atoms with E-state index in [9.17, 15) is 4.79 Å². The average Bonchev–Trinajstić information content (AvgIpc) is 2.54. The van der Waals surface area contributed by atoms with Gasteiger partial charge in [0, 0.05) is 4.47 Å². The standard InChI is InChI=1S/C17H17BrO5/c1-2-21-16-11-12(17(19)20)3-8-15(16)23-10-9-22-14-6-4-13(18)5-7-14/h3-8,11H,2,9-10H2,1H3,(H,19,20). The highest BCUT2D eigenvalue weighted by molar-refractivity contribution is 9.10. The molecule has 23 heavy (non-hydrogen) atoms. The molecule has 122 valence electrons. The average molecular weight is 381 g/mol. The second-order valence-corrected chi connectivity index (χ2v) is 5.47. The molecule has 0 atom stereocenters. The zero-order valence-corrected chi connectivity index (χ0v) is 14.2. The van der Waals surface area contributed by atoms with E-state index in [4.69, 9.17) is 19.3 Å². The van der Waals surface area contributed by atoms with Crippen LogP contribution in [0.3, 0.4) is 0 Å². The smallest absolute Gasteiger partial charge is 0.335 e. The summed E-state index contributed by atoms with van der Waals surface area (Å²) in [6.45, 7) is 2.94. The molecule has 0 saturated carbocycles. The zero-order valence-electron chi connectivity index (χ0n) is 12.6. The molecular formula is C17H17BrO5. The number of rotatable bonds is 8. The molecule has 0 aliphatic rings. The number of carbonyl (C=O) groups is 1. The Balaban J connectivity index is 1.91. The lowest BCUT2D eigenvalue weighted by Crippen LogP contribution is -2.10. The summed E-state index contributed by atoms with van der Waals surface area (Å²) >= 11 is 3.36. The molecule has 0 bridgehead atoms. The fourth-order valence-corrected chi connectivity index (χ4v) is 2.13. The van der Waals surface area contributed by atoms with E-state index in [1.54, 1.807) is 6.07 Å². The second-order valence-electron chi connectivity index (χ2n) is 4.55. The summed E-state index contributed by atoms with van der Waals surface area (Å²) in [5.74, 6) is 0.659. The molecule has 0 radical (unpaired) electrons. The maximum atomic E-state index is 11.0. The molecular weight excluding hydrogens is 364 g/mol. The van der Waals surface area contributed by atoms with E-state index in [1.807, 2.05) is 31.2 Å². The van der Waals surface area contributed by atoms with E-state index in [2.05, 4.69) is 15.9 Å². The number of carboxylic acids is 1. The van der Waals surface area contributed by atoms with Crippen LogP contribution in [0.25, 0.3) is 0 Å². The van der Waals surface area contributed by atoms with Crippen LogP contribution in [0, 0.1) is 0 Å². The molecule has 0 amide bonds. The van der Waals surface area contributed by atoms with E-state index in [0.29, 0.717) is 31.3 Å². The zero-order chi connectivity index (χ0) is 16.7. The number of ether oxygens (including phenoxy) is 3. The minimum Gasteiger partial charge on any atom is -0.490 e. The van der Waals surface area contributed by atoms with Gasteiger partial charge >= 0.3 is 5.97 Å². The summed E-state index contributed by atoms with van der Waals surface area (Å²) in [5.41, 5.74) is 0.159. The third kappa shape index (κ3) is 5.17. The van der Waals surface area contributed by atoms with Crippen LogP contribution < -0.4 is 14.2 Å². The van der Waals surface area contributed by atoms with Gasteiger partial charge in [-0.3, -0.25) is 0 Å². The van der Waals surface area contributed by atoms with Crippen LogP contribution in [0.2, 0.25) is 0 Å². The highest BCUT2D eigenvalue weighted by Gasteiger charge is 2.10. The summed E-state index contributed by atoms with van der Waals surface area (Å²) in [6.07, 6.45) is 0. The van der Waals surface area contributed by atoms with Crippen molar-refractivity contribution in [3.63, 3.8) is 0 Å². The number of aromatic carboxylic acids is 1. The van der Waals surface area contributed by atoms with Crippen molar-refractivity contribution in [2.24, 2.45) is 0 Å². The van der Waals surface area contributed by atoms with Gasteiger partial charge in [-0.1, -0.05) is 15.9 Å². The Hall–Kier alpha value is -2.21. The van der Waals surface area contributed by atoms with Crippen molar-refractivity contribution in [1.82, 2.24) is 0 Å². The van der Waals surface area contributed by atoms with Crippen molar-refractivity contribution in [2.45, 2.75) is 6.92 Å². The minimum absolute atomic E-state index is 0.159. The van der Waals surface area contributed by atoms with E-state index in [1.165, 1.54) is 12.1 Å². The van der Waals surface area contributed by atoms with Crippen molar-refractivity contribution >= 4 is 21.9 Å². The number of halogens is 1. The summed E-state index contributed by atoms with van der Waals surface area (Å²) < 4.78 is 17.6.